The van der Waals surface area contributed by atoms with Crippen molar-refractivity contribution in [2.45, 2.75) is 44.6 Å². The topological polar surface area (TPSA) is 73.1 Å². The summed E-state index contributed by atoms with van der Waals surface area (Å²) < 4.78 is 6.14. The number of nitrogens with one attached hydrogen (secondary N) is 1. The number of hydrogen-bond acceptors (Lipinski definition) is 5. The Morgan fingerprint density at radius 2 is 1.80 bits per heavy atom. The standard InChI is InChI=1S/C15H20N4O/c16-19-15-17-13-10-6-5-9-12(13)14(18-15)20-11-7-3-1-2-4-8-11/h5-6,9-11H,1-4,7-8,16H2,(H,17,18,19). The summed E-state index contributed by atoms with van der Waals surface area (Å²) in [4.78, 5) is 8.71. The van der Waals surface area contributed by atoms with Gasteiger partial charge in [-0.3, -0.25) is 5.43 Å². The first kappa shape index (κ1) is 13.1. The molecule has 20 heavy (non-hydrogen) atoms. The van der Waals surface area contributed by atoms with E-state index in [0.717, 1.165) is 23.7 Å². The number of hydrazine groups is 1. The number of benzene rings is 1. The molecule has 1 aliphatic rings. The van der Waals surface area contributed by atoms with Crippen LogP contribution >= 0.6 is 0 Å². The summed E-state index contributed by atoms with van der Waals surface area (Å²) in [6.07, 6.45) is 7.53. The van der Waals surface area contributed by atoms with Gasteiger partial charge in [0.25, 0.3) is 0 Å². The van der Waals surface area contributed by atoms with Crippen molar-refractivity contribution in [1.82, 2.24) is 9.97 Å². The average molecular weight is 272 g/mol. The van der Waals surface area contributed by atoms with E-state index in [4.69, 9.17) is 10.6 Å². The molecule has 1 aromatic carbocycles. The van der Waals surface area contributed by atoms with Crippen LogP contribution in [0.15, 0.2) is 24.3 Å². The molecule has 0 radical (unpaired) electrons. The van der Waals surface area contributed by atoms with Crippen LogP contribution in [-0.2, 0) is 0 Å². The molecule has 106 valence electrons. The van der Waals surface area contributed by atoms with Crippen molar-refractivity contribution in [3.05, 3.63) is 24.3 Å². The van der Waals surface area contributed by atoms with Crippen molar-refractivity contribution in [2.75, 3.05) is 5.43 Å². The van der Waals surface area contributed by atoms with Gasteiger partial charge < -0.3 is 4.74 Å². The van der Waals surface area contributed by atoms with Gasteiger partial charge in [0.05, 0.1) is 10.9 Å². The Kier molecular flexibility index (Phi) is 3.97. The number of rotatable bonds is 3. The number of hydrogen-bond donors (Lipinski definition) is 2. The molecule has 2 aromatic rings. The average Bonchev–Trinajstić information content (AvgIpc) is 2.75. The van der Waals surface area contributed by atoms with E-state index in [-0.39, 0.29) is 6.10 Å². The molecule has 0 aliphatic heterocycles. The molecule has 1 saturated carbocycles. The monoisotopic (exact) mass is 272 g/mol. The Labute approximate surface area is 118 Å². The minimum atomic E-state index is 0.251. The summed E-state index contributed by atoms with van der Waals surface area (Å²) in [6, 6.07) is 7.85. The molecule has 3 rings (SSSR count). The Hall–Kier alpha value is -1.88. The third-order valence-electron chi connectivity index (χ3n) is 3.78. The molecule has 0 saturated heterocycles. The predicted octanol–water partition coefficient (Wildman–Crippen LogP) is 3.02. The van der Waals surface area contributed by atoms with Crippen LogP contribution in [0.4, 0.5) is 5.95 Å². The number of para-hydroxylation sites is 1. The van der Waals surface area contributed by atoms with E-state index in [9.17, 15) is 0 Å². The van der Waals surface area contributed by atoms with Crippen molar-refractivity contribution >= 4 is 16.9 Å². The van der Waals surface area contributed by atoms with Gasteiger partial charge in [-0.2, -0.15) is 4.98 Å². The Morgan fingerprint density at radius 1 is 1.05 bits per heavy atom. The molecule has 1 heterocycles. The molecule has 0 bridgehead atoms. The second kappa shape index (κ2) is 6.05. The van der Waals surface area contributed by atoms with E-state index in [1.165, 1.54) is 25.7 Å². The fraction of sp³-hybridized carbons (Fsp3) is 0.467. The summed E-state index contributed by atoms with van der Waals surface area (Å²) >= 11 is 0. The zero-order chi connectivity index (χ0) is 13.8. The van der Waals surface area contributed by atoms with Crippen LogP contribution in [0.1, 0.15) is 38.5 Å². The van der Waals surface area contributed by atoms with Crippen LogP contribution in [-0.4, -0.2) is 16.1 Å². The van der Waals surface area contributed by atoms with E-state index in [1.54, 1.807) is 0 Å². The fourth-order valence-electron chi connectivity index (χ4n) is 2.72. The van der Waals surface area contributed by atoms with Crippen LogP contribution in [0, 0.1) is 0 Å². The van der Waals surface area contributed by atoms with Gasteiger partial charge in [-0.25, -0.2) is 10.8 Å². The maximum atomic E-state index is 6.14. The molecule has 0 amide bonds. The number of fused-ring (bicyclic) bond motifs is 1. The van der Waals surface area contributed by atoms with Crippen molar-refractivity contribution in [1.29, 1.82) is 0 Å². The van der Waals surface area contributed by atoms with Gasteiger partial charge in [0.2, 0.25) is 11.8 Å². The molecule has 5 nitrogen and oxygen atoms in total. The Morgan fingerprint density at radius 3 is 2.55 bits per heavy atom. The first-order chi connectivity index (χ1) is 9.86. The molecule has 1 aromatic heterocycles. The summed E-state index contributed by atoms with van der Waals surface area (Å²) in [5.74, 6) is 6.47. The fourth-order valence-corrected chi connectivity index (χ4v) is 2.72. The maximum absolute atomic E-state index is 6.14. The summed E-state index contributed by atoms with van der Waals surface area (Å²) in [5.41, 5.74) is 3.35. The SMILES string of the molecule is NNc1nc(OC2CCCCCC2)c2ccccc2n1. The van der Waals surface area contributed by atoms with Crippen LogP contribution < -0.4 is 16.0 Å². The lowest BCUT2D eigenvalue weighted by atomic mass is 10.1. The first-order valence-electron chi connectivity index (χ1n) is 7.27. The van der Waals surface area contributed by atoms with E-state index in [2.05, 4.69) is 15.4 Å². The third-order valence-corrected chi connectivity index (χ3v) is 3.78. The quantitative estimate of drug-likeness (QED) is 0.510. The van der Waals surface area contributed by atoms with Crippen molar-refractivity contribution in [3.8, 4) is 5.88 Å². The van der Waals surface area contributed by atoms with Gasteiger partial charge in [-0.1, -0.05) is 25.0 Å². The lowest BCUT2D eigenvalue weighted by Gasteiger charge is -2.17. The van der Waals surface area contributed by atoms with Crippen LogP contribution in [0.3, 0.4) is 0 Å². The first-order valence-corrected chi connectivity index (χ1v) is 7.27. The maximum Gasteiger partial charge on any atom is 0.241 e. The van der Waals surface area contributed by atoms with Crippen molar-refractivity contribution in [3.63, 3.8) is 0 Å². The lowest BCUT2D eigenvalue weighted by molar-refractivity contribution is 0.179. The van der Waals surface area contributed by atoms with Gasteiger partial charge in [-0.15, -0.1) is 0 Å². The molecule has 3 N–H and O–H groups in total. The number of anilines is 1. The molecule has 1 aliphatic carbocycles. The highest BCUT2D eigenvalue weighted by atomic mass is 16.5. The van der Waals surface area contributed by atoms with Crippen LogP contribution in [0.2, 0.25) is 0 Å². The summed E-state index contributed by atoms with van der Waals surface area (Å²) in [7, 11) is 0. The van der Waals surface area contributed by atoms with Gasteiger partial charge in [0, 0.05) is 0 Å². The zero-order valence-electron chi connectivity index (χ0n) is 11.5. The van der Waals surface area contributed by atoms with Crippen LogP contribution in [0.5, 0.6) is 5.88 Å². The molecular formula is C15H20N4O. The largest absolute Gasteiger partial charge is 0.474 e. The number of aromatic nitrogens is 2. The summed E-state index contributed by atoms with van der Waals surface area (Å²) in [6.45, 7) is 0. The highest BCUT2D eigenvalue weighted by Crippen LogP contribution is 2.27. The third kappa shape index (κ3) is 2.82. The van der Waals surface area contributed by atoms with E-state index in [0.29, 0.717) is 11.8 Å². The molecule has 5 heteroatoms. The van der Waals surface area contributed by atoms with Crippen LogP contribution in [0.25, 0.3) is 10.9 Å². The minimum absolute atomic E-state index is 0.251. The van der Waals surface area contributed by atoms with Crippen molar-refractivity contribution < 1.29 is 4.74 Å². The highest BCUT2D eigenvalue weighted by molar-refractivity contribution is 5.84. The second-order valence-corrected chi connectivity index (χ2v) is 5.25. The molecule has 1 fully saturated rings. The van der Waals surface area contributed by atoms with Gasteiger partial charge in [0.15, 0.2) is 0 Å². The normalized spacial score (nSPS) is 16.9. The highest BCUT2D eigenvalue weighted by Gasteiger charge is 2.16. The predicted molar refractivity (Wildman–Crippen MR) is 79.5 cm³/mol. The molecule has 0 spiro atoms. The number of ether oxygens (including phenoxy) is 1. The minimum Gasteiger partial charge on any atom is -0.474 e. The van der Waals surface area contributed by atoms with E-state index < -0.39 is 0 Å². The number of nitrogens with zero attached hydrogens (tertiary/aromatic N) is 2. The van der Waals surface area contributed by atoms with Crippen molar-refractivity contribution in [2.24, 2.45) is 5.84 Å². The van der Waals surface area contributed by atoms with E-state index in [1.807, 2.05) is 24.3 Å². The number of nitrogens with two attached hydrogens (primary N) is 1. The molecule has 0 unspecified atom stereocenters. The number of nitrogen functional groups attached to an aromatic ring is 1. The Balaban J connectivity index is 1.92. The summed E-state index contributed by atoms with van der Waals surface area (Å²) in [5, 5.41) is 0.941. The van der Waals surface area contributed by atoms with E-state index >= 15 is 0 Å². The lowest BCUT2D eigenvalue weighted by Crippen LogP contribution is -2.17. The zero-order valence-corrected chi connectivity index (χ0v) is 11.5. The van der Waals surface area contributed by atoms with Gasteiger partial charge in [-0.05, 0) is 37.8 Å². The smallest absolute Gasteiger partial charge is 0.241 e. The molecular weight excluding hydrogens is 252 g/mol. The Bertz CT molecular complexity index is 579. The second-order valence-electron chi connectivity index (χ2n) is 5.25. The molecule has 0 atom stereocenters. The van der Waals surface area contributed by atoms with Gasteiger partial charge in [0.1, 0.15) is 6.10 Å². The van der Waals surface area contributed by atoms with Gasteiger partial charge >= 0.3 is 0 Å².